The molecule has 0 aliphatic carbocycles. The Kier molecular flexibility index (Phi) is 4.76. The fourth-order valence-electron chi connectivity index (χ4n) is 3.13. The molecule has 124 valence electrons. The van der Waals surface area contributed by atoms with E-state index in [0.717, 1.165) is 44.1 Å². The van der Waals surface area contributed by atoms with Gasteiger partial charge in [-0.05, 0) is 38.4 Å². The van der Waals surface area contributed by atoms with E-state index in [0.29, 0.717) is 12.5 Å². The Morgan fingerprint density at radius 3 is 3.13 bits per heavy atom. The third kappa shape index (κ3) is 3.44. The quantitative estimate of drug-likeness (QED) is 0.786. The first-order valence-corrected chi connectivity index (χ1v) is 7.98. The normalized spacial score (nSPS) is 19.0. The van der Waals surface area contributed by atoms with E-state index in [-0.39, 0.29) is 5.76 Å². The van der Waals surface area contributed by atoms with E-state index in [4.69, 9.17) is 4.42 Å². The molecule has 0 N–H and O–H groups in total. The first-order chi connectivity index (χ1) is 11.2. The van der Waals surface area contributed by atoms with Crippen molar-refractivity contribution in [2.75, 3.05) is 20.2 Å². The number of likely N-dealkylation sites (tertiary alicyclic amines) is 1. The predicted molar refractivity (Wildman–Crippen MR) is 83.0 cm³/mol. The molecule has 7 nitrogen and oxygen atoms in total. The number of nitrogens with zero attached hydrogens (tertiary/aromatic N) is 4. The second-order valence-corrected chi connectivity index (χ2v) is 5.81. The average molecular weight is 318 g/mol. The molecule has 0 aromatic carbocycles. The summed E-state index contributed by atoms with van der Waals surface area (Å²) in [5, 5.41) is 8.33. The van der Waals surface area contributed by atoms with Gasteiger partial charge in [0.2, 0.25) is 5.76 Å². The first kappa shape index (κ1) is 15.7. The van der Waals surface area contributed by atoms with Gasteiger partial charge in [-0.25, -0.2) is 4.79 Å². The number of esters is 1. The van der Waals surface area contributed by atoms with Crippen molar-refractivity contribution in [3.63, 3.8) is 0 Å². The Balaban J connectivity index is 1.65. The number of rotatable bonds is 5. The third-order valence-electron chi connectivity index (χ3n) is 4.28. The van der Waals surface area contributed by atoms with Gasteiger partial charge in [0.25, 0.3) is 0 Å². The van der Waals surface area contributed by atoms with Crippen molar-refractivity contribution >= 4 is 5.97 Å². The standard InChI is InChI=1S/C16H22N4O3/c1-3-20-11-17-18-15(20)12-5-4-8-19(9-12)10-13-6-7-14(23-13)16(21)22-2/h6-7,11-12H,3-5,8-10H2,1-2H3/t12-/m0/s1. The highest BCUT2D eigenvalue weighted by molar-refractivity contribution is 5.86. The fraction of sp³-hybridized carbons (Fsp3) is 0.562. The van der Waals surface area contributed by atoms with Crippen LogP contribution in [0.3, 0.4) is 0 Å². The molecule has 0 bridgehead atoms. The van der Waals surface area contributed by atoms with E-state index >= 15 is 0 Å². The second kappa shape index (κ2) is 6.95. The van der Waals surface area contributed by atoms with Gasteiger partial charge >= 0.3 is 5.97 Å². The molecule has 23 heavy (non-hydrogen) atoms. The molecule has 1 atom stereocenters. The summed E-state index contributed by atoms with van der Waals surface area (Å²) >= 11 is 0. The number of carbonyl (C=O) groups excluding carboxylic acids is 1. The van der Waals surface area contributed by atoms with E-state index in [9.17, 15) is 4.79 Å². The van der Waals surface area contributed by atoms with Crippen molar-refractivity contribution in [3.8, 4) is 0 Å². The second-order valence-electron chi connectivity index (χ2n) is 5.81. The van der Waals surface area contributed by atoms with Crippen molar-refractivity contribution in [3.05, 3.63) is 35.8 Å². The van der Waals surface area contributed by atoms with Crippen LogP contribution in [0.1, 0.15) is 47.8 Å². The van der Waals surface area contributed by atoms with Gasteiger partial charge in [0, 0.05) is 19.0 Å². The maximum absolute atomic E-state index is 11.4. The van der Waals surface area contributed by atoms with Crippen LogP contribution in [-0.4, -0.2) is 45.8 Å². The molecule has 1 aliphatic rings. The third-order valence-corrected chi connectivity index (χ3v) is 4.28. The van der Waals surface area contributed by atoms with E-state index in [2.05, 4.69) is 31.3 Å². The number of hydrogen-bond acceptors (Lipinski definition) is 6. The van der Waals surface area contributed by atoms with Gasteiger partial charge in [0.15, 0.2) is 0 Å². The van der Waals surface area contributed by atoms with Gasteiger partial charge in [0.05, 0.1) is 13.7 Å². The Morgan fingerprint density at radius 2 is 2.35 bits per heavy atom. The minimum absolute atomic E-state index is 0.252. The highest BCUT2D eigenvalue weighted by Gasteiger charge is 2.25. The number of hydrogen-bond donors (Lipinski definition) is 0. The lowest BCUT2D eigenvalue weighted by molar-refractivity contribution is 0.0560. The van der Waals surface area contributed by atoms with Crippen LogP contribution in [0.4, 0.5) is 0 Å². The number of methoxy groups -OCH3 is 1. The van der Waals surface area contributed by atoms with Crippen molar-refractivity contribution in [2.45, 2.75) is 38.8 Å². The maximum atomic E-state index is 11.4. The highest BCUT2D eigenvalue weighted by atomic mass is 16.5. The summed E-state index contributed by atoms with van der Waals surface area (Å²) in [4.78, 5) is 13.8. The number of piperidine rings is 1. The van der Waals surface area contributed by atoms with E-state index in [1.807, 2.05) is 6.07 Å². The fourth-order valence-corrected chi connectivity index (χ4v) is 3.13. The van der Waals surface area contributed by atoms with Crippen LogP contribution >= 0.6 is 0 Å². The highest BCUT2D eigenvalue weighted by Crippen LogP contribution is 2.26. The number of aryl methyl sites for hydroxylation is 1. The molecular weight excluding hydrogens is 296 g/mol. The number of furan rings is 1. The van der Waals surface area contributed by atoms with E-state index < -0.39 is 5.97 Å². The summed E-state index contributed by atoms with van der Waals surface area (Å²) in [6.45, 7) is 5.62. The molecule has 2 aromatic rings. The summed E-state index contributed by atoms with van der Waals surface area (Å²) in [6, 6.07) is 3.50. The summed E-state index contributed by atoms with van der Waals surface area (Å²) in [5.41, 5.74) is 0. The molecular formula is C16H22N4O3. The lowest BCUT2D eigenvalue weighted by Gasteiger charge is -2.31. The summed E-state index contributed by atoms with van der Waals surface area (Å²) < 4.78 is 12.3. The Morgan fingerprint density at radius 1 is 1.48 bits per heavy atom. The molecule has 1 aliphatic heterocycles. The minimum atomic E-state index is -0.441. The van der Waals surface area contributed by atoms with Gasteiger partial charge in [-0.3, -0.25) is 4.90 Å². The number of carbonyl (C=O) groups is 1. The monoisotopic (exact) mass is 318 g/mol. The van der Waals surface area contributed by atoms with Gasteiger partial charge in [-0.15, -0.1) is 10.2 Å². The number of ether oxygens (including phenoxy) is 1. The van der Waals surface area contributed by atoms with Crippen LogP contribution < -0.4 is 0 Å². The zero-order valence-electron chi connectivity index (χ0n) is 13.6. The van der Waals surface area contributed by atoms with E-state index in [1.165, 1.54) is 7.11 Å². The minimum Gasteiger partial charge on any atom is -0.463 e. The summed E-state index contributed by atoms with van der Waals surface area (Å²) in [7, 11) is 1.35. The first-order valence-electron chi connectivity index (χ1n) is 7.98. The van der Waals surface area contributed by atoms with Crippen LogP contribution in [0.2, 0.25) is 0 Å². The molecule has 2 aromatic heterocycles. The Hall–Kier alpha value is -2.15. The SMILES string of the molecule is CCn1cnnc1[C@H]1CCCN(Cc2ccc(C(=O)OC)o2)C1. The molecule has 0 saturated carbocycles. The molecule has 7 heteroatoms. The average Bonchev–Trinajstić information content (AvgIpc) is 3.23. The molecule has 0 amide bonds. The Labute approximate surface area is 135 Å². The number of aromatic nitrogens is 3. The topological polar surface area (TPSA) is 73.4 Å². The molecule has 1 fully saturated rings. The molecule has 3 heterocycles. The van der Waals surface area contributed by atoms with Gasteiger partial charge in [-0.2, -0.15) is 0 Å². The van der Waals surface area contributed by atoms with Crippen LogP contribution in [0, 0.1) is 0 Å². The van der Waals surface area contributed by atoms with Crippen molar-refractivity contribution in [1.82, 2.24) is 19.7 Å². The van der Waals surface area contributed by atoms with Crippen molar-refractivity contribution in [2.24, 2.45) is 0 Å². The van der Waals surface area contributed by atoms with Crippen LogP contribution in [0.25, 0.3) is 0 Å². The van der Waals surface area contributed by atoms with Crippen LogP contribution in [0.5, 0.6) is 0 Å². The summed E-state index contributed by atoms with van der Waals surface area (Å²) in [6.07, 6.45) is 4.04. The Bertz CT molecular complexity index is 664. The summed E-state index contributed by atoms with van der Waals surface area (Å²) in [5.74, 6) is 2.04. The molecule has 0 spiro atoms. The molecule has 0 radical (unpaired) electrons. The lowest BCUT2D eigenvalue weighted by Crippen LogP contribution is -2.34. The van der Waals surface area contributed by atoms with Gasteiger partial charge in [-0.1, -0.05) is 0 Å². The largest absolute Gasteiger partial charge is 0.463 e. The van der Waals surface area contributed by atoms with E-state index in [1.54, 1.807) is 12.4 Å². The zero-order valence-corrected chi connectivity index (χ0v) is 13.6. The van der Waals surface area contributed by atoms with Gasteiger partial charge in [0.1, 0.15) is 17.9 Å². The predicted octanol–water partition coefficient (Wildman–Crippen LogP) is 2.06. The van der Waals surface area contributed by atoms with Crippen molar-refractivity contribution in [1.29, 1.82) is 0 Å². The maximum Gasteiger partial charge on any atom is 0.373 e. The molecule has 0 unspecified atom stereocenters. The smallest absolute Gasteiger partial charge is 0.373 e. The lowest BCUT2D eigenvalue weighted by atomic mass is 9.97. The zero-order chi connectivity index (χ0) is 16.2. The molecule has 3 rings (SSSR count). The molecule has 1 saturated heterocycles. The van der Waals surface area contributed by atoms with Gasteiger partial charge < -0.3 is 13.7 Å². The van der Waals surface area contributed by atoms with Crippen LogP contribution in [-0.2, 0) is 17.8 Å². The van der Waals surface area contributed by atoms with Crippen molar-refractivity contribution < 1.29 is 13.9 Å². The van der Waals surface area contributed by atoms with Crippen LogP contribution in [0.15, 0.2) is 22.9 Å².